The van der Waals surface area contributed by atoms with E-state index >= 15 is 0 Å². The second-order valence-electron chi connectivity index (χ2n) is 13.5. The third-order valence-electron chi connectivity index (χ3n) is 10.6. The number of alkyl halides is 1. The highest BCUT2D eigenvalue weighted by Crippen LogP contribution is 2.42. The number of halogens is 1. The number of likely N-dealkylation sites (tertiary alicyclic amines) is 1. The van der Waals surface area contributed by atoms with Crippen molar-refractivity contribution in [3.05, 3.63) is 35.5 Å². The van der Waals surface area contributed by atoms with Crippen LogP contribution < -0.4 is 5.73 Å². The van der Waals surface area contributed by atoms with Crippen LogP contribution in [0.5, 0.6) is 0 Å². The Morgan fingerprint density at radius 2 is 1.78 bits per heavy atom. The normalized spacial score (nSPS) is 29.0. The number of ether oxygens (including phenoxy) is 1. The number of hydrogen-bond acceptors (Lipinski definition) is 5. The quantitative estimate of drug-likeness (QED) is 0.447. The first-order chi connectivity index (χ1) is 19.7. The maximum Gasteiger partial charge on any atom is 0.357 e. The molecule has 0 spiro atoms. The van der Waals surface area contributed by atoms with Gasteiger partial charge < -0.3 is 15.4 Å². The number of rotatable bonds is 7. The van der Waals surface area contributed by atoms with Crippen LogP contribution >= 0.6 is 0 Å². The number of carbonyl (C=O) groups excluding carboxylic acids is 3. The van der Waals surface area contributed by atoms with Gasteiger partial charge in [-0.3, -0.25) is 14.2 Å². The number of hydrogen-bond donors (Lipinski definition) is 1. The highest BCUT2D eigenvalue weighted by molar-refractivity contribution is 5.98. The number of benzene rings is 1. The molecule has 8 heteroatoms. The smallest absolute Gasteiger partial charge is 0.357 e. The zero-order valence-electron chi connectivity index (χ0n) is 24.4. The molecule has 3 fully saturated rings. The van der Waals surface area contributed by atoms with Gasteiger partial charge in [0.2, 0.25) is 5.91 Å². The lowest BCUT2D eigenvalue weighted by Crippen LogP contribution is -2.48. The van der Waals surface area contributed by atoms with Crippen LogP contribution in [0.1, 0.15) is 94.1 Å². The first kappa shape index (κ1) is 28.4. The molecule has 2 saturated carbocycles. The van der Waals surface area contributed by atoms with Crippen molar-refractivity contribution in [3.8, 4) is 0 Å². The molecule has 2 aliphatic carbocycles. The lowest BCUT2D eigenvalue weighted by molar-refractivity contribution is -0.143. The van der Waals surface area contributed by atoms with Crippen LogP contribution in [0.3, 0.4) is 0 Å². The van der Waals surface area contributed by atoms with Crippen molar-refractivity contribution in [2.45, 2.75) is 102 Å². The molecule has 0 unspecified atom stereocenters. The maximum atomic E-state index is 14.1. The maximum absolute atomic E-state index is 14.1. The molecule has 0 bridgehead atoms. The molecule has 2 N–H and O–H groups in total. The number of Topliss-reactive ketones (excluding diaryl/α,β-unsaturated/α-hetero) is 1. The van der Waals surface area contributed by atoms with Crippen LogP contribution in [0.15, 0.2) is 24.3 Å². The number of carbonyl (C=O) groups is 3. The van der Waals surface area contributed by atoms with Crippen molar-refractivity contribution in [2.75, 3.05) is 13.2 Å². The van der Waals surface area contributed by atoms with E-state index in [1.165, 1.54) is 19.3 Å². The van der Waals surface area contributed by atoms with Gasteiger partial charge in [0.25, 0.3) is 0 Å². The molecule has 4 aliphatic rings. The summed E-state index contributed by atoms with van der Waals surface area (Å²) in [6.45, 7) is 3.87. The SMILES string of the molecule is CC1(C)OC(=O)c2cc3cc(CC(=O)[C@@H]4[C@H](C5CCCCC5)CCN4C(=O)C4CCC([C@H](N)CF)CC4)ccc3n21. The zero-order valence-corrected chi connectivity index (χ0v) is 24.4. The van der Waals surface area contributed by atoms with Gasteiger partial charge in [-0.25, -0.2) is 9.18 Å². The average Bonchev–Trinajstić information content (AvgIpc) is 3.65. The molecule has 41 heavy (non-hydrogen) atoms. The largest absolute Gasteiger partial charge is 0.434 e. The first-order valence-corrected chi connectivity index (χ1v) is 15.7. The van der Waals surface area contributed by atoms with Crippen LogP contribution in [-0.4, -0.2) is 52.4 Å². The number of esters is 1. The minimum Gasteiger partial charge on any atom is -0.434 e. The van der Waals surface area contributed by atoms with Crippen LogP contribution in [0.2, 0.25) is 0 Å². The second kappa shape index (κ2) is 11.2. The van der Waals surface area contributed by atoms with E-state index in [4.69, 9.17) is 10.5 Å². The van der Waals surface area contributed by atoms with Crippen molar-refractivity contribution < 1.29 is 23.5 Å². The molecule has 7 nitrogen and oxygen atoms in total. The molecule has 1 amide bonds. The van der Waals surface area contributed by atoms with Gasteiger partial charge in [-0.2, -0.15) is 0 Å². The Balaban J connectivity index is 1.22. The van der Waals surface area contributed by atoms with E-state index in [1.54, 1.807) is 0 Å². The van der Waals surface area contributed by atoms with Crippen molar-refractivity contribution in [2.24, 2.45) is 29.4 Å². The molecule has 6 rings (SSSR count). The Morgan fingerprint density at radius 3 is 2.49 bits per heavy atom. The minimum absolute atomic E-state index is 0.106. The fourth-order valence-electron chi connectivity index (χ4n) is 8.42. The van der Waals surface area contributed by atoms with E-state index < -0.39 is 18.4 Å². The lowest BCUT2D eigenvalue weighted by Gasteiger charge is -2.37. The zero-order chi connectivity index (χ0) is 28.9. The Hall–Kier alpha value is -2.74. The Kier molecular flexibility index (Phi) is 7.72. The number of nitrogens with zero attached hydrogens (tertiary/aromatic N) is 2. The van der Waals surface area contributed by atoms with Crippen molar-refractivity contribution in [3.63, 3.8) is 0 Å². The number of ketones is 1. The fourth-order valence-corrected chi connectivity index (χ4v) is 8.42. The number of cyclic esters (lactones) is 1. The fraction of sp³-hybridized carbons (Fsp3) is 0.667. The number of nitrogens with two attached hydrogens (primary N) is 1. The highest BCUT2D eigenvalue weighted by Gasteiger charge is 2.46. The highest BCUT2D eigenvalue weighted by atomic mass is 19.1. The minimum atomic E-state index is -0.750. The van der Waals surface area contributed by atoms with Crippen LogP contribution in [0.25, 0.3) is 10.9 Å². The Morgan fingerprint density at radius 1 is 1.05 bits per heavy atom. The molecule has 3 heterocycles. The summed E-state index contributed by atoms with van der Waals surface area (Å²) in [5.41, 5.74) is 7.55. The van der Waals surface area contributed by atoms with Crippen LogP contribution in [0, 0.1) is 23.7 Å². The number of aromatic nitrogens is 1. The Labute approximate surface area is 241 Å². The van der Waals surface area contributed by atoms with E-state index in [1.807, 2.05) is 47.6 Å². The summed E-state index contributed by atoms with van der Waals surface area (Å²) in [6, 6.07) is 6.97. The summed E-state index contributed by atoms with van der Waals surface area (Å²) in [6.07, 6.45) is 10.0. The van der Waals surface area contributed by atoms with Gasteiger partial charge in [0, 0.05) is 30.3 Å². The summed E-state index contributed by atoms with van der Waals surface area (Å²) in [5.74, 6) is 0.605. The van der Waals surface area contributed by atoms with Crippen molar-refractivity contribution in [1.82, 2.24) is 9.47 Å². The summed E-state index contributed by atoms with van der Waals surface area (Å²) >= 11 is 0. The van der Waals surface area contributed by atoms with Gasteiger partial charge in [-0.1, -0.05) is 38.2 Å². The van der Waals surface area contributed by atoms with E-state index in [2.05, 4.69) is 0 Å². The molecular formula is C33H44FN3O4. The average molecular weight is 566 g/mol. The van der Waals surface area contributed by atoms with Crippen molar-refractivity contribution >= 4 is 28.6 Å². The van der Waals surface area contributed by atoms with Gasteiger partial charge >= 0.3 is 5.97 Å². The molecule has 222 valence electrons. The summed E-state index contributed by atoms with van der Waals surface area (Å²) in [4.78, 5) is 42.4. The van der Waals surface area contributed by atoms with E-state index in [9.17, 15) is 18.8 Å². The molecule has 1 aromatic heterocycles. The van der Waals surface area contributed by atoms with Gasteiger partial charge in [0.15, 0.2) is 11.5 Å². The van der Waals surface area contributed by atoms with E-state index in [0.717, 1.165) is 61.4 Å². The number of fused-ring (bicyclic) bond motifs is 3. The van der Waals surface area contributed by atoms with E-state index in [0.29, 0.717) is 18.2 Å². The third-order valence-corrected chi connectivity index (χ3v) is 10.6. The molecule has 2 aliphatic heterocycles. The molecule has 1 saturated heterocycles. The van der Waals surface area contributed by atoms with Crippen LogP contribution in [-0.2, 0) is 26.5 Å². The topological polar surface area (TPSA) is 94.6 Å². The second-order valence-corrected chi connectivity index (χ2v) is 13.5. The predicted octanol–water partition coefficient (Wildman–Crippen LogP) is 5.52. The third kappa shape index (κ3) is 5.21. The molecule has 2 aromatic rings. The van der Waals surface area contributed by atoms with Gasteiger partial charge in [0.1, 0.15) is 12.4 Å². The molecule has 0 radical (unpaired) electrons. The summed E-state index contributed by atoms with van der Waals surface area (Å²) < 4.78 is 20.6. The van der Waals surface area contributed by atoms with Crippen molar-refractivity contribution in [1.29, 1.82) is 0 Å². The van der Waals surface area contributed by atoms with Gasteiger partial charge in [0.05, 0.1) is 11.6 Å². The Bertz CT molecular complexity index is 1320. The molecular weight excluding hydrogens is 521 g/mol. The monoisotopic (exact) mass is 565 g/mol. The van der Waals surface area contributed by atoms with Crippen LogP contribution in [0.4, 0.5) is 4.39 Å². The molecule has 3 atom stereocenters. The number of amides is 1. The lowest BCUT2D eigenvalue weighted by atomic mass is 9.75. The predicted molar refractivity (Wildman–Crippen MR) is 155 cm³/mol. The summed E-state index contributed by atoms with van der Waals surface area (Å²) in [5, 5.41) is 0.918. The first-order valence-electron chi connectivity index (χ1n) is 15.7. The van der Waals surface area contributed by atoms with Gasteiger partial charge in [-0.15, -0.1) is 0 Å². The van der Waals surface area contributed by atoms with E-state index in [-0.39, 0.29) is 47.9 Å². The molecule has 1 aromatic carbocycles. The summed E-state index contributed by atoms with van der Waals surface area (Å²) in [7, 11) is 0. The van der Waals surface area contributed by atoms with Gasteiger partial charge in [-0.05, 0) is 87.5 Å². The standard InChI is InChI=1S/C33H44FN3O4/c1-33(2)37-27-13-8-20(16-24(27)18-28(37)32(40)41-33)17-29(38)30-25(21-6-4-3-5-7-21)14-15-36(30)31(39)23-11-9-22(10-12-23)26(35)19-34/h8,13,16,18,21-23,25-26,30H,3-7,9-12,14-15,17,19,35H2,1-2H3/t22?,23?,25-,26+,30-/m0/s1.